The molecule has 1 N–H and O–H groups in total. The van der Waals surface area contributed by atoms with Crippen LogP contribution < -0.4 is 9.64 Å². The molecule has 3 unspecified atom stereocenters. The van der Waals surface area contributed by atoms with Crippen molar-refractivity contribution in [3.8, 4) is 17.0 Å². The number of ether oxygens (including phenoxy) is 1. The Morgan fingerprint density at radius 1 is 1.02 bits per heavy atom. The molecule has 2 aromatic heterocycles. The number of rotatable bonds is 4. The second-order valence-electron chi connectivity index (χ2n) is 13.5. The molecule has 0 spiro atoms. The molecule has 0 saturated heterocycles. The van der Waals surface area contributed by atoms with Crippen molar-refractivity contribution < 1.29 is 19.1 Å². The zero-order chi connectivity index (χ0) is 29.0. The second kappa shape index (κ2) is 10.8. The van der Waals surface area contributed by atoms with E-state index in [2.05, 4.69) is 23.1 Å². The second-order valence-corrected chi connectivity index (χ2v) is 13.5. The molecule has 42 heavy (non-hydrogen) atoms. The number of hydrogen-bond acceptors (Lipinski definition) is 6. The Hall–Kier alpha value is -3.19. The number of carbonyl (C=O) groups excluding carboxylic acids is 1. The number of anilines is 1. The van der Waals surface area contributed by atoms with Crippen LogP contribution in [0.2, 0.25) is 0 Å². The van der Waals surface area contributed by atoms with E-state index < -0.39 is 5.60 Å². The van der Waals surface area contributed by atoms with E-state index in [0.29, 0.717) is 11.8 Å². The van der Waals surface area contributed by atoms with Crippen LogP contribution in [-0.2, 0) is 4.79 Å². The molecule has 3 atom stereocenters. The van der Waals surface area contributed by atoms with Crippen molar-refractivity contribution in [2.75, 3.05) is 18.6 Å². The fourth-order valence-electron chi connectivity index (χ4n) is 8.22. The van der Waals surface area contributed by atoms with Gasteiger partial charge in [0.05, 0.1) is 18.4 Å². The summed E-state index contributed by atoms with van der Waals surface area (Å²) in [7, 11) is 1.69. The first kappa shape index (κ1) is 27.6. The number of hydrogen-bond donors (Lipinski definition) is 1. The van der Waals surface area contributed by atoms with Gasteiger partial charge in [0.2, 0.25) is 5.91 Å². The van der Waals surface area contributed by atoms with Gasteiger partial charge in [-0.3, -0.25) is 9.78 Å². The lowest BCUT2D eigenvalue weighted by atomic mass is 9.71. The first-order chi connectivity index (χ1) is 20.3. The van der Waals surface area contributed by atoms with Crippen LogP contribution in [0.1, 0.15) is 93.8 Å². The van der Waals surface area contributed by atoms with Crippen molar-refractivity contribution in [1.82, 2.24) is 9.97 Å². The van der Waals surface area contributed by atoms with Crippen molar-refractivity contribution in [3.63, 3.8) is 0 Å². The lowest BCUT2D eigenvalue weighted by Gasteiger charge is -2.40. The summed E-state index contributed by atoms with van der Waals surface area (Å²) in [5, 5.41) is 11.6. The minimum absolute atomic E-state index is 0.00158. The predicted octanol–water partition coefficient (Wildman–Crippen LogP) is 7.04. The van der Waals surface area contributed by atoms with Gasteiger partial charge in [0, 0.05) is 41.2 Å². The van der Waals surface area contributed by atoms with Gasteiger partial charge in [-0.1, -0.05) is 12.1 Å². The van der Waals surface area contributed by atoms with Gasteiger partial charge >= 0.3 is 0 Å². The maximum Gasteiger partial charge on any atom is 0.230 e. The van der Waals surface area contributed by atoms with Crippen LogP contribution in [-0.4, -0.2) is 40.2 Å². The molecule has 4 heterocycles. The molecule has 3 fully saturated rings. The molecule has 3 aliphatic carbocycles. The molecular weight excluding hydrogens is 526 g/mol. The maximum absolute atomic E-state index is 14.3. The van der Waals surface area contributed by atoms with Crippen LogP contribution in [0.5, 0.6) is 5.75 Å². The van der Waals surface area contributed by atoms with E-state index in [4.69, 9.17) is 19.1 Å². The number of aliphatic hydroxyl groups is 1. The first-order valence-electron chi connectivity index (χ1n) is 15.9. The third-order valence-electron chi connectivity index (χ3n) is 11.0. The summed E-state index contributed by atoms with van der Waals surface area (Å²) in [4.78, 5) is 26.1. The summed E-state index contributed by atoms with van der Waals surface area (Å²) in [5.41, 5.74) is 4.04. The number of carbonyl (C=O) groups is 1. The highest BCUT2D eigenvalue weighted by atomic mass is 16.5. The molecule has 3 aromatic rings. The smallest absolute Gasteiger partial charge is 0.230 e. The third kappa shape index (κ3) is 5.04. The summed E-state index contributed by atoms with van der Waals surface area (Å²) < 4.78 is 11.4. The summed E-state index contributed by atoms with van der Waals surface area (Å²) in [6, 6.07) is 12.4. The van der Waals surface area contributed by atoms with E-state index in [1.54, 1.807) is 13.4 Å². The minimum atomic E-state index is -0.763. The van der Waals surface area contributed by atoms with Gasteiger partial charge in [-0.25, -0.2) is 4.98 Å². The summed E-state index contributed by atoms with van der Waals surface area (Å²) >= 11 is 0. The van der Waals surface area contributed by atoms with Gasteiger partial charge in [0.15, 0.2) is 5.89 Å². The Morgan fingerprint density at radius 2 is 1.79 bits per heavy atom. The maximum atomic E-state index is 14.3. The number of oxazole rings is 1. The van der Waals surface area contributed by atoms with E-state index in [-0.39, 0.29) is 29.6 Å². The molecular formula is C35H43N3O4. The van der Waals surface area contributed by atoms with E-state index >= 15 is 0 Å². The number of nitrogens with zero attached hydrogens (tertiary/aromatic N) is 3. The summed E-state index contributed by atoms with van der Waals surface area (Å²) in [5.74, 6) is 3.24. The Labute approximate surface area is 248 Å². The lowest BCUT2D eigenvalue weighted by molar-refractivity contribution is -0.125. The van der Waals surface area contributed by atoms with Crippen molar-refractivity contribution in [3.05, 3.63) is 59.9 Å². The number of fused-ring (bicyclic) bond motifs is 3. The molecule has 3 saturated carbocycles. The highest BCUT2D eigenvalue weighted by Gasteiger charge is 2.56. The fourth-order valence-corrected chi connectivity index (χ4v) is 8.22. The van der Waals surface area contributed by atoms with Gasteiger partial charge in [0.25, 0.3) is 0 Å². The number of amides is 1. The zero-order valence-corrected chi connectivity index (χ0v) is 25.1. The van der Waals surface area contributed by atoms with Gasteiger partial charge in [0.1, 0.15) is 17.7 Å². The SMILES string of the molecule is COc1ccc(C2CCC(CN3C(=O)C4CCC(CC4)C(C)(O)C4CC4c4nc(co4)-c4cccc3c4)CC2)nc1C. The van der Waals surface area contributed by atoms with E-state index in [0.717, 1.165) is 104 Å². The largest absolute Gasteiger partial charge is 0.495 e. The van der Waals surface area contributed by atoms with Crippen LogP contribution in [0, 0.1) is 30.6 Å². The molecule has 5 aliphatic rings. The lowest BCUT2D eigenvalue weighted by Crippen LogP contribution is -2.44. The van der Waals surface area contributed by atoms with Crippen LogP contribution in [0.4, 0.5) is 5.69 Å². The zero-order valence-electron chi connectivity index (χ0n) is 25.1. The number of benzene rings is 1. The molecule has 8 rings (SSSR count). The number of aryl methyl sites for hydroxylation is 1. The van der Waals surface area contributed by atoms with E-state index in [1.807, 2.05) is 32.0 Å². The monoisotopic (exact) mass is 569 g/mol. The van der Waals surface area contributed by atoms with Crippen LogP contribution in [0.15, 0.2) is 47.1 Å². The first-order valence-corrected chi connectivity index (χ1v) is 15.9. The molecule has 7 heteroatoms. The summed E-state index contributed by atoms with van der Waals surface area (Å²) in [6.45, 7) is 4.74. The predicted molar refractivity (Wildman–Crippen MR) is 161 cm³/mol. The number of pyridine rings is 1. The number of methoxy groups -OCH3 is 1. The van der Waals surface area contributed by atoms with Crippen LogP contribution >= 0.6 is 0 Å². The molecule has 2 aliphatic heterocycles. The van der Waals surface area contributed by atoms with E-state index in [1.165, 1.54) is 0 Å². The topological polar surface area (TPSA) is 88.7 Å². The Kier molecular flexibility index (Phi) is 7.12. The molecule has 6 bridgehead atoms. The fraction of sp³-hybridized carbons (Fsp3) is 0.571. The average molecular weight is 570 g/mol. The average Bonchev–Trinajstić information content (AvgIpc) is 3.69. The Bertz CT molecular complexity index is 1450. The molecule has 0 radical (unpaired) electrons. The number of aromatic nitrogens is 2. The van der Waals surface area contributed by atoms with Crippen molar-refractivity contribution >= 4 is 11.6 Å². The Morgan fingerprint density at radius 3 is 2.52 bits per heavy atom. The highest BCUT2D eigenvalue weighted by Crippen LogP contribution is 2.57. The van der Waals surface area contributed by atoms with Crippen molar-refractivity contribution in [2.24, 2.45) is 23.7 Å². The molecule has 7 nitrogen and oxygen atoms in total. The normalized spacial score (nSPS) is 32.6. The van der Waals surface area contributed by atoms with Crippen LogP contribution in [0.3, 0.4) is 0 Å². The van der Waals surface area contributed by atoms with Gasteiger partial charge in [-0.2, -0.15) is 0 Å². The third-order valence-corrected chi connectivity index (χ3v) is 11.0. The van der Waals surface area contributed by atoms with Crippen molar-refractivity contribution in [1.29, 1.82) is 0 Å². The van der Waals surface area contributed by atoms with Gasteiger partial charge in [-0.05, 0) is 114 Å². The summed E-state index contributed by atoms with van der Waals surface area (Å²) in [6.07, 6.45) is 10.4. The molecule has 1 aromatic carbocycles. The molecule has 222 valence electrons. The van der Waals surface area contributed by atoms with Crippen LogP contribution in [0.25, 0.3) is 11.3 Å². The quantitative estimate of drug-likeness (QED) is 0.363. The minimum Gasteiger partial charge on any atom is -0.495 e. The standard InChI is InChI=1S/C35H43N3O4/c1-21-32(41-3)16-15-30(36-21)23-9-7-22(8-10-23)19-38-27-6-4-5-25(17-27)31-20-42-33(37-31)28-18-29(28)35(2,40)26-13-11-24(12-14-26)34(38)39/h4-6,15-17,20,22-24,26,28-29,40H,7-14,18-19H2,1-3H3. The van der Waals surface area contributed by atoms with E-state index in [9.17, 15) is 9.90 Å². The van der Waals surface area contributed by atoms with Crippen molar-refractivity contribution in [2.45, 2.75) is 89.1 Å². The van der Waals surface area contributed by atoms with Gasteiger partial charge in [-0.15, -0.1) is 0 Å². The highest BCUT2D eigenvalue weighted by molar-refractivity contribution is 5.95. The molecule has 1 amide bonds. The van der Waals surface area contributed by atoms with Gasteiger partial charge < -0.3 is 19.2 Å². The Balaban J connectivity index is 1.14.